The first-order valence-corrected chi connectivity index (χ1v) is 6.02. The van der Waals surface area contributed by atoms with Gasteiger partial charge in [-0.15, -0.1) is 0 Å². The highest BCUT2D eigenvalue weighted by atomic mass is 16.4. The Morgan fingerprint density at radius 1 is 1.12 bits per heavy atom. The molecule has 0 atom stereocenters. The van der Waals surface area contributed by atoms with E-state index in [9.17, 15) is 4.79 Å². The predicted molar refractivity (Wildman–Crippen MR) is 66.2 cm³/mol. The summed E-state index contributed by atoms with van der Waals surface area (Å²) in [6.07, 6.45) is 8.44. The standard InChI is InChI=1S/C12H24N2O2/c1-14(2)10-8-6-4-3-5-7-9-12(15)11-13-16/h11,16H,3-10H2,1-2H3. The molecule has 0 rings (SSSR count). The lowest BCUT2D eigenvalue weighted by atomic mass is 10.1. The van der Waals surface area contributed by atoms with Crippen molar-refractivity contribution in [2.75, 3.05) is 20.6 Å². The fourth-order valence-electron chi connectivity index (χ4n) is 1.56. The number of carbonyl (C=O) groups excluding carboxylic acids is 1. The minimum Gasteiger partial charge on any atom is -0.411 e. The first-order valence-electron chi connectivity index (χ1n) is 6.02. The van der Waals surface area contributed by atoms with Crippen molar-refractivity contribution in [2.45, 2.75) is 44.9 Å². The van der Waals surface area contributed by atoms with Crippen LogP contribution in [0.3, 0.4) is 0 Å². The molecule has 0 radical (unpaired) electrons. The van der Waals surface area contributed by atoms with Gasteiger partial charge >= 0.3 is 0 Å². The van der Waals surface area contributed by atoms with Crippen molar-refractivity contribution in [1.29, 1.82) is 0 Å². The number of nitrogens with zero attached hydrogens (tertiary/aromatic N) is 2. The molecular formula is C12H24N2O2. The van der Waals surface area contributed by atoms with Gasteiger partial charge in [-0.05, 0) is 33.5 Å². The zero-order valence-corrected chi connectivity index (χ0v) is 10.5. The Kier molecular flexibility index (Phi) is 10.0. The number of unbranched alkanes of at least 4 members (excludes halogenated alkanes) is 5. The van der Waals surface area contributed by atoms with Gasteiger partial charge in [0, 0.05) is 6.42 Å². The Balaban J connectivity index is 3.13. The molecule has 0 aliphatic heterocycles. The van der Waals surface area contributed by atoms with Gasteiger partial charge in [0.25, 0.3) is 0 Å². The van der Waals surface area contributed by atoms with Crippen LogP contribution in [-0.2, 0) is 4.79 Å². The van der Waals surface area contributed by atoms with Crippen molar-refractivity contribution in [3.63, 3.8) is 0 Å². The molecule has 0 spiro atoms. The molecule has 0 fully saturated rings. The summed E-state index contributed by atoms with van der Waals surface area (Å²) in [6, 6.07) is 0. The van der Waals surface area contributed by atoms with E-state index in [1.807, 2.05) is 0 Å². The molecule has 94 valence electrons. The summed E-state index contributed by atoms with van der Waals surface area (Å²) in [5.41, 5.74) is 0. The number of hydrogen-bond acceptors (Lipinski definition) is 4. The zero-order valence-electron chi connectivity index (χ0n) is 10.5. The highest BCUT2D eigenvalue weighted by molar-refractivity contribution is 6.27. The molecular weight excluding hydrogens is 204 g/mol. The molecule has 0 amide bonds. The number of hydrogen-bond donors (Lipinski definition) is 1. The SMILES string of the molecule is CN(C)CCCCCCCCC(=O)C=NO. The van der Waals surface area contributed by atoms with Gasteiger partial charge in [-0.1, -0.05) is 30.8 Å². The molecule has 0 bridgehead atoms. The highest BCUT2D eigenvalue weighted by Gasteiger charge is 1.98. The fourth-order valence-corrected chi connectivity index (χ4v) is 1.56. The molecule has 16 heavy (non-hydrogen) atoms. The quantitative estimate of drug-likeness (QED) is 0.270. The maximum Gasteiger partial charge on any atom is 0.177 e. The molecule has 0 aliphatic rings. The van der Waals surface area contributed by atoms with Gasteiger partial charge in [0.15, 0.2) is 5.78 Å². The van der Waals surface area contributed by atoms with Crippen molar-refractivity contribution in [1.82, 2.24) is 4.90 Å². The van der Waals surface area contributed by atoms with E-state index in [0.29, 0.717) is 6.42 Å². The minimum atomic E-state index is -0.0879. The average Bonchev–Trinajstić information content (AvgIpc) is 2.22. The summed E-state index contributed by atoms with van der Waals surface area (Å²) >= 11 is 0. The van der Waals surface area contributed by atoms with Crippen LogP contribution in [0.25, 0.3) is 0 Å². The van der Waals surface area contributed by atoms with Gasteiger partial charge in [-0.3, -0.25) is 4.79 Å². The van der Waals surface area contributed by atoms with Gasteiger partial charge in [0.1, 0.15) is 6.21 Å². The van der Waals surface area contributed by atoms with Crippen molar-refractivity contribution < 1.29 is 10.0 Å². The van der Waals surface area contributed by atoms with Crippen molar-refractivity contribution in [3.8, 4) is 0 Å². The van der Waals surface area contributed by atoms with Gasteiger partial charge in [-0.2, -0.15) is 0 Å². The Hall–Kier alpha value is -0.900. The van der Waals surface area contributed by atoms with E-state index in [0.717, 1.165) is 25.6 Å². The Labute approximate surface area is 98.3 Å². The topological polar surface area (TPSA) is 52.9 Å². The van der Waals surface area contributed by atoms with E-state index in [-0.39, 0.29) is 5.78 Å². The number of Topliss-reactive ketones (excluding diaryl/α,β-unsaturated/α-hetero) is 1. The van der Waals surface area contributed by atoms with E-state index >= 15 is 0 Å². The van der Waals surface area contributed by atoms with Crippen molar-refractivity contribution in [3.05, 3.63) is 0 Å². The Bertz CT molecular complexity index is 203. The lowest BCUT2D eigenvalue weighted by Crippen LogP contribution is -2.12. The van der Waals surface area contributed by atoms with E-state index in [1.54, 1.807) is 0 Å². The lowest BCUT2D eigenvalue weighted by Gasteiger charge is -2.08. The van der Waals surface area contributed by atoms with E-state index in [1.165, 1.54) is 25.7 Å². The lowest BCUT2D eigenvalue weighted by molar-refractivity contribution is -0.112. The molecule has 0 heterocycles. The molecule has 1 N–H and O–H groups in total. The van der Waals surface area contributed by atoms with Crippen LogP contribution in [0.15, 0.2) is 5.16 Å². The molecule has 0 aromatic rings. The first kappa shape index (κ1) is 15.1. The molecule has 4 heteroatoms. The van der Waals surface area contributed by atoms with Crippen molar-refractivity contribution >= 4 is 12.0 Å². The first-order chi connectivity index (χ1) is 7.66. The zero-order chi connectivity index (χ0) is 12.2. The molecule has 0 aromatic carbocycles. The van der Waals surface area contributed by atoms with Gasteiger partial charge < -0.3 is 10.1 Å². The molecule has 0 saturated heterocycles. The third-order valence-electron chi connectivity index (χ3n) is 2.48. The van der Waals surface area contributed by atoms with Crippen LogP contribution in [-0.4, -0.2) is 42.7 Å². The third kappa shape index (κ3) is 11.2. The number of carbonyl (C=O) groups is 1. The second kappa shape index (κ2) is 10.6. The number of oxime groups is 1. The Morgan fingerprint density at radius 3 is 2.25 bits per heavy atom. The van der Waals surface area contributed by atoms with Crippen LogP contribution in [0.1, 0.15) is 44.9 Å². The summed E-state index contributed by atoms with van der Waals surface area (Å²) in [7, 11) is 4.18. The van der Waals surface area contributed by atoms with E-state index in [4.69, 9.17) is 5.21 Å². The summed E-state index contributed by atoms with van der Waals surface area (Å²) in [5, 5.41) is 10.8. The predicted octanol–water partition coefficient (Wildman–Crippen LogP) is 2.31. The van der Waals surface area contributed by atoms with E-state index < -0.39 is 0 Å². The normalized spacial score (nSPS) is 11.4. The summed E-state index contributed by atoms with van der Waals surface area (Å²) < 4.78 is 0. The monoisotopic (exact) mass is 228 g/mol. The maximum absolute atomic E-state index is 10.9. The molecule has 0 aromatic heterocycles. The van der Waals surface area contributed by atoms with Crippen LogP contribution in [0, 0.1) is 0 Å². The number of ketones is 1. The molecule has 4 nitrogen and oxygen atoms in total. The fraction of sp³-hybridized carbons (Fsp3) is 0.833. The van der Waals surface area contributed by atoms with Crippen LogP contribution in [0.5, 0.6) is 0 Å². The second-order valence-electron chi connectivity index (χ2n) is 4.39. The van der Waals surface area contributed by atoms with Crippen LogP contribution in [0.2, 0.25) is 0 Å². The van der Waals surface area contributed by atoms with Gasteiger partial charge in [-0.25, -0.2) is 0 Å². The van der Waals surface area contributed by atoms with Crippen molar-refractivity contribution in [2.24, 2.45) is 5.16 Å². The summed E-state index contributed by atoms with van der Waals surface area (Å²) in [4.78, 5) is 13.1. The van der Waals surface area contributed by atoms with Crippen LogP contribution >= 0.6 is 0 Å². The molecule has 0 saturated carbocycles. The van der Waals surface area contributed by atoms with Crippen LogP contribution in [0.4, 0.5) is 0 Å². The average molecular weight is 228 g/mol. The number of rotatable bonds is 10. The Morgan fingerprint density at radius 2 is 1.69 bits per heavy atom. The molecule has 0 unspecified atom stereocenters. The van der Waals surface area contributed by atoms with Gasteiger partial charge in [0.05, 0.1) is 0 Å². The minimum absolute atomic E-state index is 0.0879. The largest absolute Gasteiger partial charge is 0.411 e. The van der Waals surface area contributed by atoms with Crippen LogP contribution < -0.4 is 0 Å². The highest BCUT2D eigenvalue weighted by Crippen LogP contribution is 2.07. The second-order valence-corrected chi connectivity index (χ2v) is 4.39. The summed E-state index contributed by atoms with van der Waals surface area (Å²) in [6.45, 7) is 1.16. The summed E-state index contributed by atoms with van der Waals surface area (Å²) in [5.74, 6) is -0.0879. The van der Waals surface area contributed by atoms with Gasteiger partial charge in [0.2, 0.25) is 0 Å². The molecule has 0 aliphatic carbocycles. The van der Waals surface area contributed by atoms with E-state index in [2.05, 4.69) is 24.2 Å². The maximum atomic E-state index is 10.9. The third-order valence-corrected chi connectivity index (χ3v) is 2.48. The smallest absolute Gasteiger partial charge is 0.177 e.